The van der Waals surface area contributed by atoms with Gasteiger partial charge in [-0.1, -0.05) is 0 Å². The van der Waals surface area contributed by atoms with Gasteiger partial charge in [0.15, 0.2) is 6.10 Å². The van der Waals surface area contributed by atoms with Crippen LogP contribution < -0.4 is 4.72 Å². The molecule has 1 fully saturated rings. The summed E-state index contributed by atoms with van der Waals surface area (Å²) in [5.74, 6) is -0.0945. The number of sulfonamides is 1. The molecule has 1 rings (SSSR count). The van der Waals surface area contributed by atoms with Gasteiger partial charge in [0.1, 0.15) is 0 Å². The Morgan fingerprint density at radius 2 is 1.93 bits per heavy atom. The number of nitrogens with one attached hydrogen (secondary N) is 1. The predicted molar refractivity (Wildman–Crippen MR) is 46.6 cm³/mol. The minimum Gasteiger partial charge on any atom is -0.382 e. The molecule has 0 radical (unpaired) electrons. The SMILES string of the molecule is O=S(=O)(CC1CC1)NCC(O)C(F)(F)F. The molecule has 1 aliphatic rings. The molecule has 90 valence electrons. The maximum Gasteiger partial charge on any atom is 0.415 e. The molecule has 0 aromatic rings. The molecule has 15 heavy (non-hydrogen) atoms. The van der Waals surface area contributed by atoms with Gasteiger partial charge < -0.3 is 5.11 Å². The Morgan fingerprint density at radius 1 is 1.40 bits per heavy atom. The standard InChI is InChI=1S/C7H12F3NO3S/c8-7(9,10)6(12)3-11-15(13,14)4-5-1-2-5/h5-6,11-12H,1-4H2. The fourth-order valence-corrected chi connectivity index (χ4v) is 2.46. The van der Waals surface area contributed by atoms with Gasteiger partial charge in [0.25, 0.3) is 0 Å². The van der Waals surface area contributed by atoms with Gasteiger partial charge >= 0.3 is 6.18 Å². The lowest BCUT2D eigenvalue weighted by atomic mass is 10.4. The van der Waals surface area contributed by atoms with Gasteiger partial charge in [0.05, 0.1) is 5.75 Å². The lowest BCUT2D eigenvalue weighted by molar-refractivity contribution is -0.200. The van der Waals surface area contributed by atoms with Gasteiger partial charge in [0.2, 0.25) is 10.0 Å². The van der Waals surface area contributed by atoms with Crippen LogP contribution in [0.3, 0.4) is 0 Å². The first-order valence-corrected chi connectivity index (χ1v) is 6.08. The third-order valence-electron chi connectivity index (χ3n) is 2.03. The van der Waals surface area contributed by atoms with Crippen molar-refractivity contribution in [2.24, 2.45) is 5.92 Å². The molecule has 2 N–H and O–H groups in total. The average Bonchev–Trinajstić information content (AvgIpc) is 2.81. The number of aliphatic hydroxyl groups is 1. The molecular weight excluding hydrogens is 235 g/mol. The van der Waals surface area contributed by atoms with E-state index in [1.54, 1.807) is 4.72 Å². The molecule has 0 amide bonds. The van der Waals surface area contributed by atoms with E-state index < -0.39 is 28.8 Å². The zero-order valence-corrected chi connectivity index (χ0v) is 8.61. The monoisotopic (exact) mass is 247 g/mol. The molecule has 1 saturated carbocycles. The Balaban J connectivity index is 2.35. The minimum absolute atomic E-state index is 0.0607. The topological polar surface area (TPSA) is 66.4 Å². The van der Waals surface area contributed by atoms with Crippen molar-refractivity contribution in [3.8, 4) is 0 Å². The van der Waals surface area contributed by atoms with Crippen LogP contribution in [-0.2, 0) is 10.0 Å². The largest absolute Gasteiger partial charge is 0.415 e. The highest BCUT2D eigenvalue weighted by molar-refractivity contribution is 7.89. The minimum atomic E-state index is -4.79. The van der Waals surface area contributed by atoms with E-state index in [0.29, 0.717) is 0 Å². The quantitative estimate of drug-likeness (QED) is 0.731. The highest BCUT2D eigenvalue weighted by Crippen LogP contribution is 2.30. The van der Waals surface area contributed by atoms with Crippen LogP contribution in [0.4, 0.5) is 13.2 Å². The first-order valence-electron chi connectivity index (χ1n) is 4.43. The first kappa shape index (κ1) is 12.7. The smallest absolute Gasteiger partial charge is 0.382 e. The molecule has 0 aliphatic heterocycles. The molecule has 0 aromatic heterocycles. The second-order valence-corrected chi connectivity index (χ2v) is 5.48. The van der Waals surface area contributed by atoms with Crippen LogP contribution in [0.2, 0.25) is 0 Å². The van der Waals surface area contributed by atoms with Crippen molar-refractivity contribution in [3.05, 3.63) is 0 Å². The molecule has 0 aromatic carbocycles. The normalized spacial score (nSPS) is 20.3. The number of alkyl halides is 3. The highest BCUT2D eigenvalue weighted by Gasteiger charge is 2.39. The van der Waals surface area contributed by atoms with Gasteiger partial charge in [-0.2, -0.15) is 13.2 Å². The van der Waals surface area contributed by atoms with E-state index in [1.807, 2.05) is 0 Å². The van der Waals surface area contributed by atoms with Crippen molar-refractivity contribution in [2.75, 3.05) is 12.3 Å². The van der Waals surface area contributed by atoms with Crippen molar-refractivity contribution in [1.29, 1.82) is 0 Å². The molecule has 1 unspecified atom stereocenters. The number of aliphatic hydroxyl groups excluding tert-OH is 1. The summed E-state index contributed by atoms with van der Waals surface area (Å²) in [5, 5.41) is 8.55. The molecular formula is C7H12F3NO3S. The molecule has 1 atom stereocenters. The van der Waals surface area contributed by atoms with E-state index in [4.69, 9.17) is 5.11 Å². The van der Waals surface area contributed by atoms with E-state index in [9.17, 15) is 21.6 Å². The Hall–Kier alpha value is -0.340. The van der Waals surface area contributed by atoms with E-state index in [0.717, 1.165) is 12.8 Å². The Morgan fingerprint density at radius 3 is 2.33 bits per heavy atom. The van der Waals surface area contributed by atoms with E-state index in [2.05, 4.69) is 0 Å². The summed E-state index contributed by atoms with van der Waals surface area (Å²) in [6, 6.07) is 0. The molecule has 0 bridgehead atoms. The molecule has 4 nitrogen and oxygen atoms in total. The summed E-state index contributed by atoms with van der Waals surface area (Å²) in [6.07, 6.45) is -5.85. The van der Waals surface area contributed by atoms with E-state index >= 15 is 0 Å². The van der Waals surface area contributed by atoms with Gasteiger partial charge in [-0.25, -0.2) is 13.1 Å². The Bertz CT molecular complexity index is 310. The molecule has 8 heteroatoms. The number of hydrogen-bond acceptors (Lipinski definition) is 3. The fourth-order valence-electron chi connectivity index (χ4n) is 0.975. The van der Waals surface area contributed by atoms with Crippen LogP contribution >= 0.6 is 0 Å². The van der Waals surface area contributed by atoms with E-state index in [1.165, 1.54) is 0 Å². The third kappa shape index (κ3) is 4.80. The maximum atomic E-state index is 11.8. The lowest BCUT2D eigenvalue weighted by Crippen LogP contribution is -2.41. The van der Waals surface area contributed by atoms with Crippen molar-refractivity contribution in [1.82, 2.24) is 4.72 Å². The van der Waals surface area contributed by atoms with Crippen LogP contribution in [0.25, 0.3) is 0 Å². The second-order valence-electron chi connectivity index (χ2n) is 3.63. The van der Waals surface area contributed by atoms with E-state index in [-0.39, 0.29) is 11.7 Å². The fraction of sp³-hybridized carbons (Fsp3) is 1.00. The first-order chi connectivity index (χ1) is 6.71. The number of hydrogen-bond donors (Lipinski definition) is 2. The van der Waals surface area contributed by atoms with Crippen LogP contribution in [0.1, 0.15) is 12.8 Å². The summed E-state index contributed by atoms with van der Waals surface area (Å²) in [4.78, 5) is 0. The summed E-state index contributed by atoms with van der Waals surface area (Å²) >= 11 is 0. The van der Waals surface area contributed by atoms with Gasteiger partial charge in [0, 0.05) is 6.54 Å². The third-order valence-corrected chi connectivity index (χ3v) is 3.54. The zero-order valence-electron chi connectivity index (χ0n) is 7.79. The predicted octanol–water partition coefficient (Wildman–Crippen LogP) is 0.239. The summed E-state index contributed by atoms with van der Waals surface area (Å²) in [7, 11) is -3.68. The van der Waals surface area contributed by atoms with Gasteiger partial charge in [-0.15, -0.1) is 0 Å². The Labute approximate surface area is 85.5 Å². The van der Waals surface area contributed by atoms with Crippen molar-refractivity contribution >= 4 is 10.0 Å². The molecule has 0 heterocycles. The number of halogens is 3. The van der Waals surface area contributed by atoms with Crippen LogP contribution in [0.15, 0.2) is 0 Å². The van der Waals surface area contributed by atoms with Crippen molar-refractivity contribution in [2.45, 2.75) is 25.1 Å². The number of rotatable bonds is 5. The molecule has 1 aliphatic carbocycles. The average molecular weight is 247 g/mol. The summed E-state index contributed by atoms with van der Waals surface area (Å²) in [5.41, 5.74) is 0. The second kappa shape index (κ2) is 4.26. The zero-order chi connectivity index (χ0) is 11.7. The molecule has 0 saturated heterocycles. The van der Waals surface area contributed by atoms with Crippen LogP contribution in [0, 0.1) is 5.92 Å². The summed E-state index contributed by atoms with van der Waals surface area (Å²) in [6.45, 7) is -1.02. The van der Waals surface area contributed by atoms with Crippen molar-refractivity contribution in [3.63, 3.8) is 0 Å². The van der Waals surface area contributed by atoms with Crippen LogP contribution in [-0.4, -0.2) is 38.1 Å². The Kier molecular flexibility index (Phi) is 3.62. The molecule has 0 spiro atoms. The van der Waals surface area contributed by atoms with Crippen molar-refractivity contribution < 1.29 is 26.7 Å². The van der Waals surface area contributed by atoms with Gasteiger partial charge in [-0.05, 0) is 18.8 Å². The van der Waals surface area contributed by atoms with Crippen LogP contribution in [0.5, 0.6) is 0 Å². The highest BCUT2D eigenvalue weighted by atomic mass is 32.2. The van der Waals surface area contributed by atoms with Gasteiger partial charge in [-0.3, -0.25) is 0 Å². The lowest BCUT2D eigenvalue weighted by Gasteiger charge is -2.14. The maximum absolute atomic E-state index is 11.8. The summed E-state index contributed by atoms with van der Waals surface area (Å²) < 4.78 is 59.4.